The van der Waals surface area contributed by atoms with Crippen LogP contribution in [-0.4, -0.2) is 49.1 Å². The molecule has 1 saturated carbocycles. The minimum absolute atomic E-state index is 0.000194. The summed E-state index contributed by atoms with van der Waals surface area (Å²) in [6.45, 7) is 1.18. The highest BCUT2D eigenvalue weighted by molar-refractivity contribution is 7.98. The van der Waals surface area contributed by atoms with Gasteiger partial charge in [-0.05, 0) is 43.1 Å². The maximum Gasteiger partial charge on any atom is 0.274 e. The van der Waals surface area contributed by atoms with Gasteiger partial charge in [-0.15, -0.1) is 0 Å². The first-order valence-corrected chi connectivity index (χ1v) is 10.9. The van der Waals surface area contributed by atoms with Gasteiger partial charge in [-0.2, -0.15) is 22.0 Å². The molecule has 4 heterocycles. The Morgan fingerprint density at radius 2 is 2.19 bits per heavy atom. The maximum absolute atomic E-state index is 13.0. The fourth-order valence-electron chi connectivity index (χ4n) is 4.07. The lowest BCUT2D eigenvalue weighted by molar-refractivity contribution is 0.0714. The van der Waals surface area contributed by atoms with E-state index < -0.39 is 0 Å². The molecule has 1 N–H and O–H groups in total. The molecule has 8 heteroatoms. The number of hydrogen-bond donors (Lipinski definition) is 1. The smallest absolute Gasteiger partial charge is 0.274 e. The van der Waals surface area contributed by atoms with Crippen LogP contribution in [0.15, 0.2) is 16.9 Å². The van der Waals surface area contributed by atoms with Crippen molar-refractivity contribution in [2.24, 2.45) is 0 Å². The molecule has 1 aliphatic carbocycles. The molecular weight excluding hydrogens is 362 g/mol. The first kappa shape index (κ1) is 17.0. The van der Waals surface area contributed by atoms with Gasteiger partial charge in [-0.3, -0.25) is 14.7 Å². The highest BCUT2D eigenvalue weighted by atomic mass is 32.2. The summed E-state index contributed by atoms with van der Waals surface area (Å²) in [5.41, 5.74) is 3.60. The Labute approximate surface area is 161 Å². The van der Waals surface area contributed by atoms with Crippen LogP contribution in [0, 0.1) is 0 Å². The van der Waals surface area contributed by atoms with Crippen LogP contribution < -0.4 is 5.56 Å². The van der Waals surface area contributed by atoms with Gasteiger partial charge in [0.2, 0.25) is 0 Å². The van der Waals surface area contributed by atoms with Crippen LogP contribution >= 0.6 is 11.8 Å². The Hall–Kier alpha value is -2.09. The monoisotopic (exact) mass is 385 g/mol. The fourth-order valence-corrected chi connectivity index (χ4v) is 5.02. The van der Waals surface area contributed by atoms with Crippen LogP contribution in [-0.2, 0) is 18.7 Å². The Kier molecular flexibility index (Phi) is 4.30. The first-order chi connectivity index (χ1) is 13.2. The molecule has 142 valence electrons. The van der Waals surface area contributed by atoms with Gasteiger partial charge in [0.15, 0.2) is 0 Å². The number of amides is 1. The molecule has 2 fully saturated rings. The van der Waals surface area contributed by atoms with Crippen molar-refractivity contribution in [1.82, 2.24) is 24.9 Å². The van der Waals surface area contributed by atoms with Gasteiger partial charge in [-0.25, -0.2) is 4.68 Å². The second-order valence-corrected chi connectivity index (χ2v) is 8.82. The lowest BCUT2D eigenvalue weighted by atomic mass is 10.2. The van der Waals surface area contributed by atoms with E-state index in [1.54, 1.807) is 10.7 Å². The molecule has 7 nitrogen and oxygen atoms in total. The third kappa shape index (κ3) is 3.31. The zero-order valence-electron chi connectivity index (χ0n) is 15.2. The minimum Gasteiger partial charge on any atom is -0.332 e. The Balaban J connectivity index is 1.35. The number of nitrogens with one attached hydrogen (secondary N) is 1. The summed E-state index contributed by atoms with van der Waals surface area (Å²) in [5.74, 6) is 2.43. The standard InChI is InChI=1S/C19H23N5O2S/c25-18-8-13-11-27-7-5-15(13)22-24(18)10-14-2-1-6-23(14)19(26)17-9-16(20-21-17)12-3-4-12/h8-9,12,14H,1-7,10-11H2,(H,20,21). The van der Waals surface area contributed by atoms with Gasteiger partial charge in [0.05, 0.1) is 18.3 Å². The highest BCUT2D eigenvalue weighted by Crippen LogP contribution is 2.39. The number of rotatable bonds is 4. The number of aromatic amines is 1. The van der Waals surface area contributed by atoms with Crippen molar-refractivity contribution in [3.05, 3.63) is 45.1 Å². The second kappa shape index (κ2) is 6.82. The molecular formula is C19H23N5O2S. The number of aryl methyl sites for hydroxylation is 1. The van der Waals surface area contributed by atoms with E-state index in [9.17, 15) is 9.59 Å². The SMILES string of the molecule is O=C(c1cc(C2CC2)[nH]n1)N1CCCC1Cn1nc2c(cc1=O)CSCC2. The van der Waals surface area contributed by atoms with E-state index in [0.717, 1.165) is 47.7 Å². The lowest BCUT2D eigenvalue weighted by Gasteiger charge is -2.25. The molecule has 0 spiro atoms. The molecule has 0 aromatic carbocycles. The number of carbonyl (C=O) groups is 1. The van der Waals surface area contributed by atoms with Crippen LogP contribution in [0.1, 0.15) is 59.0 Å². The topological polar surface area (TPSA) is 83.9 Å². The molecule has 2 aromatic rings. The third-order valence-corrected chi connectivity index (χ3v) is 6.77. The fraction of sp³-hybridized carbons (Fsp3) is 0.579. The van der Waals surface area contributed by atoms with Crippen LogP contribution in [0.2, 0.25) is 0 Å². The number of likely N-dealkylation sites (tertiary alicyclic amines) is 1. The van der Waals surface area contributed by atoms with E-state index in [1.807, 2.05) is 22.7 Å². The number of H-pyrrole nitrogens is 1. The summed E-state index contributed by atoms with van der Waals surface area (Å²) in [6, 6.07) is 3.63. The van der Waals surface area contributed by atoms with Crippen molar-refractivity contribution in [2.45, 2.75) is 56.4 Å². The zero-order valence-corrected chi connectivity index (χ0v) is 16.0. The van der Waals surface area contributed by atoms with Crippen molar-refractivity contribution in [3.63, 3.8) is 0 Å². The van der Waals surface area contributed by atoms with Crippen molar-refractivity contribution in [3.8, 4) is 0 Å². The van der Waals surface area contributed by atoms with Crippen molar-refractivity contribution >= 4 is 17.7 Å². The summed E-state index contributed by atoms with van der Waals surface area (Å²) >= 11 is 1.84. The molecule has 27 heavy (non-hydrogen) atoms. The van der Waals surface area contributed by atoms with E-state index >= 15 is 0 Å². The molecule has 1 atom stereocenters. The van der Waals surface area contributed by atoms with E-state index in [-0.39, 0.29) is 17.5 Å². The van der Waals surface area contributed by atoms with Crippen molar-refractivity contribution in [1.29, 1.82) is 0 Å². The summed E-state index contributed by atoms with van der Waals surface area (Å²) in [7, 11) is 0. The molecule has 3 aliphatic rings. The predicted octanol–water partition coefficient (Wildman–Crippen LogP) is 1.94. The molecule has 0 radical (unpaired) electrons. The number of carbonyl (C=O) groups excluding carboxylic acids is 1. The Morgan fingerprint density at radius 1 is 1.30 bits per heavy atom. The van der Waals surface area contributed by atoms with Crippen molar-refractivity contribution in [2.75, 3.05) is 12.3 Å². The number of hydrogen-bond acceptors (Lipinski definition) is 5. The maximum atomic E-state index is 13.0. The average molecular weight is 385 g/mol. The van der Waals surface area contributed by atoms with E-state index in [1.165, 1.54) is 12.8 Å². The normalized spacial score (nSPS) is 22.1. The van der Waals surface area contributed by atoms with Crippen molar-refractivity contribution < 1.29 is 4.79 Å². The number of thioether (sulfide) groups is 1. The summed E-state index contributed by atoms with van der Waals surface area (Å²) in [6.07, 6.45) is 5.10. The van der Waals surface area contributed by atoms with Gasteiger partial charge in [0.1, 0.15) is 5.69 Å². The zero-order chi connectivity index (χ0) is 18.4. The highest BCUT2D eigenvalue weighted by Gasteiger charge is 2.33. The molecule has 2 aromatic heterocycles. The quantitative estimate of drug-likeness (QED) is 0.870. The van der Waals surface area contributed by atoms with Crippen LogP contribution in [0.25, 0.3) is 0 Å². The van der Waals surface area contributed by atoms with E-state index in [4.69, 9.17) is 0 Å². The first-order valence-electron chi connectivity index (χ1n) is 9.73. The van der Waals surface area contributed by atoms with E-state index in [0.29, 0.717) is 24.7 Å². The summed E-state index contributed by atoms with van der Waals surface area (Å²) in [5, 5.41) is 11.9. The predicted molar refractivity (Wildman–Crippen MR) is 103 cm³/mol. The van der Waals surface area contributed by atoms with Gasteiger partial charge in [0, 0.05) is 36.4 Å². The van der Waals surface area contributed by atoms with Gasteiger partial charge < -0.3 is 4.90 Å². The third-order valence-electron chi connectivity index (χ3n) is 5.76. The lowest BCUT2D eigenvalue weighted by Crippen LogP contribution is -2.41. The molecule has 1 unspecified atom stereocenters. The largest absolute Gasteiger partial charge is 0.332 e. The Bertz CT molecular complexity index is 932. The van der Waals surface area contributed by atoms with Gasteiger partial charge in [-0.1, -0.05) is 0 Å². The van der Waals surface area contributed by atoms with E-state index in [2.05, 4.69) is 15.3 Å². The average Bonchev–Trinajstić information content (AvgIpc) is 3.23. The molecule has 1 amide bonds. The summed E-state index contributed by atoms with van der Waals surface area (Å²) < 4.78 is 1.56. The number of nitrogens with zero attached hydrogens (tertiary/aromatic N) is 4. The summed E-state index contributed by atoms with van der Waals surface area (Å²) in [4.78, 5) is 27.3. The van der Waals surface area contributed by atoms with Gasteiger partial charge >= 0.3 is 0 Å². The molecule has 1 saturated heterocycles. The van der Waals surface area contributed by atoms with Crippen LogP contribution in [0.5, 0.6) is 0 Å². The number of aromatic nitrogens is 4. The Morgan fingerprint density at radius 3 is 3.04 bits per heavy atom. The minimum atomic E-state index is -0.0636. The van der Waals surface area contributed by atoms with Gasteiger partial charge in [0.25, 0.3) is 11.5 Å². The molecule has 2 aliphatic heterocycles. The second-order valence-electron chi connectivity index (χ2n) is 7.72. The number of fused-ring (bicyclic) bond motifs is 1. The molecule has 0 bridgehead atoms. The molecule has 5 rings (SSSR count). The van der Waals surface area contributed by atoms with Crippen LogP contribution in [0.3, 0.4) is 0 Å². The van der Waals surface area contributed by atoms with Crippen LogP contribution in [0.4, 0.5) is 0 Å².